The largest absolute Gasteiger partial charge is 0.493 e. The van der Waals surface area contributed by atoms with Crippen molar-refractivity contribution in [1.82, 2.24) is 10.6 Å². The molecule has 9 heteroatoms. The van der Waals surface area contributed by atoms with Crippen LogP contribution in [0.4, 0.5) is 0 Å². The Labute approximate surface area is 235 Å². The van der Waals surface area contributed by atoms with Gasteiger partial charge in [0.2, 0.25) is 11.8 Å². The van der Waals surface area contributed by atoms with Crippen LogP contribution in [-0.4, -0.2) is 70.1 Å². The fraction of sp³-hybridized carbons (Fsp3) is 0.733. The van der Waals surface area contributed by atoms with E-state index in [1.165, 1.54) is 0 Å². The molecule has 0 heterocycles. The van der Waals surface area contributed by atoms with E-state index in [9.17, 15) is 14.7 Å². The molecule has 5 atom stereocenters. The zero-order valence-corrected chi connectivity index (χ0v) is 25.3. The van der Waals surface area contributed by atoms with Crippen molar-refractivity contribution in [3.8, 4) is 11.5 Å². The maximum absolute atomic E-state index is 12.9. The standard InChI is InChI=1S/C30H53N3O6/c1-19(2)23(14-22-10-11-27(38-8)28(15-22)39-13-9-12-37-7)16-25(31)26(34)17-24(20(3)4)30(36)33-18-21(5)29(35)32-6/h10-11,15,19-21,23-26,34H,9,12-14,16-18,31H2,1-8H3,(H,32,35)(H,33,36)/t21-,23+,24+,25+,26+/m1/s1. The predicted molar refractivity (Wildman–Crippen MR) is 155 cm³/mol. The third kappa shape index (κ3) is 12.1. The molecule has 0 fully saturated rings. The van der Waals surface area contributed by atoms with E-state index in [1.54, 1.807) is 28.2 Å². The van der Waals surface area contributed by atoms with E-state index in [1.807, 2.05) is 32.0 Å². The topological polar surface area (TPSA) is 132 Å². The molecule has 0 spiro atoms. The Morgan fingerprint density at radius 2 is 1.67 bits per heavy atom. The molecule has 39 heavy (non-hydrogen) atoms. The van der Waals surface area contributed by atoms with E-state index in [0.29, 0.717) is 37.1 Å². The molecule has 1 rings (SSSR count). The van der Waals surface area contributed by atoms with Crippen LogP contribution >= 0.6 is 0 Å². The van der Waals surface area contributed by atoms with Gasteiger partial charge in [0.15, 0.2) is 11.5 Å². The molecule has 0 aliphatic heterocycles. The van der Waals surface area contributed by atoms with Crippen molar-refractivity contribution in [2.75, 3.05) is 41.0 Å². The van der Waals surface area contributed by atoms with Crippen molar-refractivity contribution in [2.45, 2.75) is 72.4 Å². The summed E-state index contributed by atoms with van der Waals surface area (Å²) < 4.78 is 16.5. The summed E-state index contributed by atoms with van der Waals surface area (Å²) in [6, 6.07) is 5.50. The Hall–Kier alpha value is -2.36. The van der Waals surface area contributed by atoms with Crippen LogP contribution in [0, 0.1) is 29.6 Å². The van der Waals surface area contributed by atoms with Gasteiger partial charge in [-0.05, 0) is 54.7 Å². The number of benzene rings is 1. The minimum atomic E-state index is -0.823. The highest BCUT2D eigenvalue weighted by Crippen LogP contribution is 2.31. The molecule has 0 aliphatic carbocycles. The van der Waals surface area contributed by atoms with Gasteiger partial charge in [-0.1, -0.05) is 40.7 Å². The smallest absolute Gasteiger partial charge is 0.224 e. The molecule has 1 aromatic rings. The number of carbonyl (C=O) groups excluding carboxylic acids is 2. The number of methoxy groups -OCH3 is 2. The quantitative estimate of drug-likeness (QED) is 0.194. The Balaban J connectivity index is 2.84. The molecule has 0 aliphatic rings. The average Bonchev–Trinajstić information content (AvgIpc) is 2.91. The lowest BCUT2D eigenvalue weighted by molar-refractivity contribution is -0.128. The number of hydrogen-bond acceptors (Lipinski definition) is 7. The zero-order chi connectivity index (χ0) is 29.5. The summed E-state index contributed by atoms with van der Waals surface area (Å²) in [5.41, 5.74) is 7.63. The summed E-state index contributed by atoms with van der Waals surface area (Å²) in [5, 5.41) is 16.5. The number of rotatable bonds is 19. The SMILES string of the molecule is CNC(=O)[C@H](C)CNC(=O)[C@@H](C[C@H](O)[C@@H](N)C[C@H](Cc1ccc(OC)c(OCCCOC)c1)C(C)C)C(C)C. The minimum absolute atomic E-state index is 0.0182. The summed E-state index contributed by atoms with van der Waals surface area (Å²) >= 11 is 0. The first-order valence-corrected chi connectivity index (χ1v) is 14.2. The number of ether oxygens (including phenoxy) is 3. The fourth-order valence-corrected chi connectivity index (χ4v) is 4.59. The second kappa shape index (κ2) is 18.1. The molecule has 0 unspecified atom stereocenters. The first-order chi connectivity index (χ1) is 18.4. The van der Waals surface area contributed by atoms with Crippen LogP contribution in [0.5, 0.6) is 11.5 Å². The van der Waals surface area contributed by atoms with Crippen LogP contribution in [0.3, 0.4) is 0 Å². The van der Waals surface area contributed by atoms with Gasteiger partial charge in [-0.25, -0.2) is 0 Å². The molecule has 0 bridgehead atoms. The number of nitrogens with one attached hydrogen (secondary N) is 2. The van der Waals surface area contributed by atoms with Gasteiger partial charge < -0.3 is 35.7 Å². The first kappa shape index (κ1) is 34.7. The van der Waals surface area contributed by atoms with Crippen molar-refractivity contribution in [2.24, 2.45) is 35.3 Å². The number of aliphatic hydroxyl groups excluding tert-OH is 1. The Bertz CT molecular complexity index is 863. The van der Waals surface area contributed by atoms with Gasteiger partial charge in [0.25, 0.3) is 0 Å². The summed E-state index contributed by atoms with van der Waals surface area (Å²) in [7, 11) is 4.87. The number of hydrogen-bond donors (Lipinski definition) is 4. The Morgan fingerprint density at radius 1 is 0.974 bits per heavy atom. The van der Waals surface area contributed by atoms with Gasteiger partial charge in [-0.3, -0.25) is 9.59 Å². The minimum Gasteiger partial charge on any atom is -0.493 e. The molecule has 0 aromatic heterocycles. The number of carbonyl (C=O) groups is 2. The second-order valence-corrected chi connectivity index (χ2v) is 11.2. The van der Waals surface area contributed by atoms with Gasteiger partial charge in [0.05, 0.1) is 25.7 Å². The van der Waals surface area contributed by atoms with Gasteiger partial charge >= 0.3 is 0 Å². The number of aliphatic hydroxyl groups is 1. The first-order valence-electron chi connectivity index (χ1n) is 14.2. The zero-order valence-electron chi connectivity index (χ0n) is 25.3. The average molecular weight is 552 g/mol. The van der Waals surface area contributed by atoms with Crippen molar-refractivity contribution in [3.05, 3.63) is 23.8 Å². The van der Waals surface area contributed by atoms with E-state index >= 15 is 0 Å². The molecule has 0 radical (unpaired) electrons. The highest BCUT2D eigenvalue weighted by molar-refractivity contribution is 5.81. The highest BCUT2D eigenvalue weighted by Gasteiger charge is 2.30. The van der Waals surface area contributed by atoms with Gasteiger partial charge in [-0.2, -0.15) is 0 Å². The molecule has 9 nitrogen and oxygen atoms in total. The molecule has 224 valence electrons. The summed E-state index contributed by atoms with van der Waals surface area (Å²) in [6.07, 6.45) is 1.63. The maximum atomic E-state index is 12.9. The van der Waals surface area contributed by atoms with Crippen LogP contribution in [-0.2, 0) is 20.7 Å². The van der Waals surface area contributed by atoms with E-state index in [0.717, 1.165) is 18.4 Å². The molecular formula is C30H53N3O6. The van der Waals surface area contributed by atoms with Gasteiger partial charge in [0.1, 0.15) is 0 Å². The van der Waals surface area contributed by atoms with Crippen molar-refractivity contribution >= 4 is 11.8 Å². The fourth-order valence-electron chi connectivity index (χ4n) is 4.59. The maximum Gasteiger partial charge on any atom is 0.224 e. The monoisotopic (exact) mass is 551 g/mol. The van der Waals surface area contributed by atoms with Crippen molar-refractivity contribution in [3.63, 3.8) is 0 Å². The molecule has 2 amide bonds. The van der Waals surface area contributed by atoms with E-state index in [-0.39, 0.29) is 42.5 Å². The lowest BCUT2D eigenvalue weighted by Gasteiger charge is -2.30. The third-order valence-electron chi connectivity index (χ3n) is 7.40. The summed E-state index contributed by atoms with van der Waals surface area (Å²) in [6.45, 7) is 11.4. The molecule has 0 saturated carbocycles. The van der Waals surface area contributed by atoms with Crippen molar-refractivity contribution in [1.29, 1.82) is 0 Å². The van der Waals surface area contributed by atoms with Crippen LogP contribution < -0.4 is 25.8 Å². The number of amides is 2. The highest BCUT2D eigenvalue weighted by atomic mass is 16.5. The van der Waals surface area contributed by atoms with E-state index < -0.39 is 18.1 Å². The second-order valence-electron chi connectivity index (χ2n) is 11.2. The van der Waals surface area contributed by atoms with E-state index in [2.05, 4.69) is 24.5 Å². The van der Waals surface area contributed by atoms with E-state index in [4.69, 9.17) is 19.9 Å². The summed E-state index contributed by atoms with van der Waals surface area (Å²) in [4.78, 5) is 24.7. The predicted octanol–water partition coefficient (Wildman–Crippen LogP) is 3.16. The lowest BCUT2D eigenvalue weighted by Crippen LogP contribution is -2.44. The van der Waals surface area contributed by atoms with Crippen molar-refractivity contribution < 1.29 is 28.9 Å². The molecular weight excluding hydrogens is 498 g/mol. The normalized spacial score (nSPS) is 15.4. The Kier molecular flexibility index (Phi) is 16.1. The summed E-state index contributed by atoms with van der Waals surface area (Å²) in [5.74, 6) is 0.950. The molecule has 5 N–H and O–H groups in total. The molecule has 1 aromatic carbocycles. The van der Waals surface area contributed by atoms with Gasteiger partial charge in [-0.15, -0.1) is 0 Å². The van der Waals surface area contributed by atoms with Crippen LogP contribution in [0.1, 0.15) is 59.4 Å². The van der Waals surface area contributed by atoms with Crippen LogP contribution in [0.2, 0.25) is 0 Å². The van der Waals surface area contributed by atoms with Crippen LogP contribution in [0.15, 0.2) is 18.2 Å². The van der Waals surface area contributed by atoms with Crippen LogP contribution in [0.25, 0.3) is 0 Å². The number of nitrogens with two attached hydrogens (primary N) is 1. The Morgan fingerprint density at radius 3 is 2.23 bits per heavy atom. The molecule has 0 saturated heterocycles. The van der Waals surface area contributed by atoms with Gasteiger partial charge in [0, 0.05) is 45.7 Å². The lowest BCUT2D eigenvalue weighted by atomic mass is 9.80. The third-order valence-corrected chi connectivity index (χ3v) is 7.40.